The quantitative estimate of drug-likeness (QED) is 0.676. The summed E-state index contributed by atoms with van der Waals surface area (Å²) in [6.45, 7) is 0. The fraction of sp³-hybridized carbons (Fsp3) is 0.167. The highest BCUT2D eigenvalue weighted by Gasteiger charge is 2.30. The van der Waals surface area contributed by atoms with Gasteiger partial charge in [0.2, 0.25) is 0 Å². The number of methoxy groups -OCH3 is 1. The first-order chi connectivity index (χ1) is 14.5. The van der Waals surface area contributed by atoms with Crippen molar-refractivity contribution in [1.82, 2.24) is 0 Å². The smallest absolute Gasteiger partial charge is 0.251 e. The average molecular weight is 421 g/mol. The second-order valence-electron chi connectivity index (χ2n) is 7.11. The Hall–Kier alpha value is -3.31. The number of aliphatic imine (C=N–C) groups is 1. The van der Waals surface area contributed by atoms with Crippen molar-refractivity contribution in [2.24, 2.45) is 4.99 Å². The van der Waals surface area contributed by atoms with Gasteiger partial charge in [0.25, 0.3) is 5.91 Å². The number of hydrogen-bond donors (Lipinski definition) is 1. The maximum atomic E-state index is 13.3. The number of nitrogens with zero attached hydrogens (tertiary/aromatic N) is 2. The van der Waals surface area contributed by atoms with E-state index < -0.39 is 6.04 Å². The Kier molecular flexibility index (Phi) is 5.46. The summed E-state index contributed by atoms with van der Waals surface area (Å²) in [4.78, 5) is 19.7. The Labute approximate surface area is 180 Å². The number of phenols is 1. The van der Waals surface area contributed by atoms with Crippen molar-refractivity contribution in [3.63, 3.8) is 0 Å². The second kappa shape index (κ2) is 8.20. The Bertz CT molecular complexity index is 1130. The van der Waals surface area contributed by atoms with Gasteiger partial charge in [-0.05, 0) is 54.1 Å². The lowest BCUT2D eigenvalue weighted by Gasteiger charge is -2.20. The molecule has 0 fully saturated rings. The molecule has 0 bridgehead atoms. The van der Waals surface area contributed by atoms with E-state index in [1.165, 1.54) is 0 Å². The summed E-state index contributed by atoms with van der Waals surface area (Å²) in [5.74, 6) is 0.738. The van der Waals surface area contributed by atoms with Gasteiger partial charge in [0.05, 0.1) is 18.5 Å². The van der Waals surface area contributed by atoms with Crippen molar-refractivity contribution in [3.05, 3.63) is 88.4 Å². The van der Waals surface area contributed by atoms with Crippen LogP contribution < -0.4 is 9.64 Å². The number of carbonyl (C=O) groups excluding carboxylic acids is 1. The number of ether oxygens (including phenoxy) is 1. The summed E-state index contributed by atoms with van der Waals surface area (Å²) in [7, 11) is 3.35. The van der Waals surface area contributed by atoms with Crippen LogP contribution in [0.3, 0.4) is 0 Å². The van der Waals surface area contributed by atoms with E-state index in [4.69, 9.17) is 21.3 Å². The van der Waals surface area contributed by atoms with Gasteiger partial charge in [0.1, 0.15) is 17.5 Å². The number of benzene rings is 3. The topological polar surface area (TPSA) is 62.1 Å². The number of fused-ring (bicyclic) bond motifs is 1. The van der Waals surface area contributed by atoms with Crippen LogP contribution in [-0.4, -0.2) is 36.9 Å². The number of likely N-dealkylation sites (N-methyl/N-ethyl adjacent to an activating group) is 1. The zero-order valence-electron chi connectivity index (χ0n) is 16.7. The molecule has 5 nitrogen and oxygen atoms in total. The Morgan fingerprint density at radius 3 is 2.53 bits per heavy atom. The zero-order valence-corrected chi connectivity index (χ0v) is 17.4. The number of phenolic OH excluding ortho intramolecular Hbond substituents is 1. The molecule has 4 rings (SSSR count). The summed E-state index contributed by atoms with van der Waals surface area (Å²) in [6, 6.07) is 19.3. The van der Waals surface area contributed by atoms with Crippen molar-refractivity contribution in [1.29, 1.82) is 0 Å². The van der Waals surface area contributed by atoms with Crippen molar-refractivity contribution >= 4 is 28.9 Å². The van der Waals surface area contributed by atoms with Gasteiger partial charge in [-0.25, -0.2) is 0 Å². The third kappa shape index (κ3) is 3.76. The predicted octanol–water partition coefficient (Wildman–Crippen LogP) is 4.48. The minimum absolute atomic E-state index is 0.148. The van der Waals surface area contributed by atoms with Gasteiger partial charge in [-0.2, -0.15) is 0 Å². The molecule has 0 radical (unpaired) electrons. The molecular formula is C24H21ClN2O3. The van der Waals surface area contributed by atoms with Gasteiger partial charge < -0.3 is 14.7 Å². The molecule has 1 N–H and O–H groups in total. The zero-order chi connectivity index (χ0) is 21.3. The molecule has 1 heterocycles. The number of carbonyl (C=O) groups is 1. The molecule has 0 aliphatic carbocycles. The van der Waals surface area contributed by atoms with Gasteiger partial charge in [-0.3, -0.25) is 9.79 Å². The Balaban J connectivity index is 1.87. The van der Waals surface area contributed by atoms with Gasteiger partial charge in [-0.15, -0.1) is 0 Å². The lowest BCUT2D eigenvalue weighted by atomic mass is 10.00. The van der Waals surface area contributed by atoms with E-state index in [0.29, 0.717) is 16.3 Å². The van der Waals surface area contributed by atoms with Crippen LogP contribution in [-0.2, 0) is 11.2 Å². The molecule has 1 unspecified atom stereocenters. The molecule has 152 valence electrons. The minimum Gasteiger partial charge on any atom is -0.508 e. The summed E-state index contributed by atoms with van der Waals surface area (Å²) in [6.07, 6.45) is 0.289. The number of aromatic hydroxyl groups is 1. The third-order valence-corrected chi connectivity index (χ3v) is 5.48. The summed E-state index contributed by atoms with van der Waals surface area (Å²) in [5, 5.41) is 10.8. The molecule has 0 saturated carbocycles. The molecule has 0 saturated heterocycles. The average Bonchev–Trinajstić information content (AvgIpc) is 2.86. The van der Waals surface area contributed by atoms with E-state index in [2.05, 4.69) is 0 Å². The van der Waals surface area contributed by atoms with E-state index in [9.17, 15) is 9.90 Å². The predicted molar refractivity (Wildman–Crippen MR) is 119 cm³/mol. The van der Waals surface area contributed by atoms with E-state index in [1.54, 1.807) is 43.3 Å². The van der Waals surface area contributed by atoms with Crippen LogP contribution in [0.1, 0.15) is 16.7 Å². The van der Waals surface area contributed by atoms with Crippen molar-refractivity contribution in [2.45, 2.75) is 12.5 Å². The SMILES string of the molecule is COc1ccc(C2=NC(Cc3ccccc3O)C(=O)N(C)c3ccc(Cl)cc32)cc1. The van der Waals surface area contributed by atoms with E-state index in [1.807, 2.05) is 42.5 Å². The fourth-order valence-electron chi connectivity index (χ4n) is 3.62. The van der Waals surface area contributed by atoms with Crippen LogP contribution in [0.15, 0.2) is 71.7 Å². The molecule has 0 spiro atoms. The van der Waals surface area contributed by atoms with E-state index in [0.717, 1.165) is 22.6 Å². The van der Waals surface area contributed by atoms with Crippen molar-refractivity contribution in [3.8, 4) is 11.5 Å². The van der Waals surface area contributed by atoms with Gasteiger partial charge in [-0.1, -0.05) is 29.8 Å². The standard InChI is InChI=1S/C24H21ClN2O3/c1-27-21-12-9-17(25)14-19(21)23(15-7-10-18(30-2)11-8-15)26-20(24(27)29)13-16-5-3-4-6-22(16)28/h3-12,14,20,28H,13H2,1-2H3. The van der Waals surface area contributed by atoms with Crippen molar-refractivity contribution < 1.29 is 14.6 Å². The molecule has 1 amide bonds. The molecule has 30 heavy (non-hydrogen) atoms. The monoisotopic (exact) mass is 420 g/mol. The number of hydrogen-bond acceptors (Lipinski definition) is 4. The first-order valence-corrected chi connectivity index (χ1v) is 9.92. The number of rotatable bonds is 4. The molecule has 3 aromatic rings. The molecule has 0 aromatic heterocycles. The number of benzodiazepines with no additional fused rings is 1. The highest BCUT2D eigenvalue weighted by atomic mass is 35.5. The molecule has 1 aliphatic heterocycles. The third-order valence-electron chi connectivity index (χ3n) is 5.24. The number of amides is 1. The van der Waals surface area contributed by atoms with Crippen LogP contribution >= 0.6 is 11.6 Å². The lowest BCUT2D eigenvalue weighted by molar-refractivity contribution is -0.119. The van der Waals surface area contributed by atoms with Crippen LogP contribution in [0.5, 0.6) is 11.5 Å². The number of para-hydroxylation sites is 1. The highest BCUT2D eigenvalue weighted by molar-refractivity contribution is 6.32. The second-order valence-corrected chi connectivity index (χ2v) is 7.55. The first kappa shape index (κ1) is 20.0. The summed E-state index contributed by atoms with van der Waals surface area (Å²) >= 11 is 6.29. The highest BCUT2D eigenvalue weighted by Crippen LogP contribution is 2.32. The molecule has 1 atom stereocenters. The van der Waals surface area contributed by atoms with Gasteiger partial charge >= 0.3 is 0 Å². The number of halogens is 1. The largest absolute Gasteiger partial charge is 0.508 e. The van der Waals surface area contributed by atoms with Gasteiger partial charge in [0.15, 0.2) is 0 Å². The fourth-order valence-corrected chi connectivity index (χ4v) is 3.79. The van der Waals surface area contributed by atoms with Crippen LogP contribution in [0, 0.1) is 0 Å². The summed E-state index contributed by atoms with van der Waals surface area (Å²) in [5.41, 5.74) is 3.71. The Morgan fingerprint density at radius 2 is 1.83 bits per heavy atom. The van der Waals surface area contributed by atoms with E-state index in [-0.39, 0.29) is 18.1 Å². The molecule has 1 aliphatic rings. The van der Waals surface area contributed by atoms with Crippen LogP contribution in [0.2, 0.25) is 5.02 Å². The van der Waals surface area contributed by atoms with Crippen LogP contribution in [0.25, 0.3) is 0 Å². The normalized spacial score (nSPS) is 16.0. The maximum absolute atomic E-state index is 13.3. The Morgan fingerprint density at radius 1 is 1.10 bits per heavy atom. The first-order valence-electron chi connectivity index (χ1n) is 9.54. The molecular weight excluding hydrogens is 400 g/mol. The van der Waals surface area contributed by atoms with Gasteiger partial charge in [0, 0.05) is 29.6 Å². The minimum atomic E-state index is -0.688. The lowest BCUT2D eigenvalue weighted by Crippen LogP contribution is -2.36. The molecule has 6 heteroatoms. The van der Waals surface area contributed by atoms with E-state index >= 15 is 0 Å². The van der Waals surface area contributed by atoms with Crippen LogP contribution in [0.4, 0.5) is 5.69 Å². The van der Waals surface area contributed by atoms with Crippen molar-refractivity contribution in [2.75, 3.05) is 19.1 Å². The number of anilines is 1. The maximum Gasteiger partial charge on any atom is 0.251 e. The summed E-state index contributed by atoms with van der Waals surface area (Å²) < 4.78 is 5.27. The molecule has 3 aromatic carbocycles.